The molecule has 59 heavy (non-hydrogen) atoms. The van der Waals surface area contributed by atoms with E-state index in [0.29, 0.717) is 35.0 Å². The average molecular weight is 787 g/mol. The minimum absolute atomic E-state index is 0.0156. The van der Waals surface area contributed by atoms with E-state index in [4.69, 9.17) is 4.74 Å². The third kappa shape index (κ3) is 5.90. The number of benzene rings is 6. The van der Waals surface area contributed by atoms with E-state index in [2.05, 4.69) is 96.1 Å². The lowest BCUT2D eigenvalue weighted by Gasteiger charge is -2.34. The average Bonchev–Trinajstić information content (AvgIpc) is 3.63. The highest BCUT2D eigenvalue weighted by Gasteiger charge is 2.55. The van der Waals surface area contributed by atoms with Crippen LogP contribution in [0.1, 0.15) is 112 Å². The highest BCUT2D eigenvalue weighted by molar-refractivity contribution is 6.58. The molecule has 300 valence electrons. The fraction of sp³-hybridized carbons (Fsp3) is 0.308. The minimum Gasteiger partial charge on any atom is -0.427 e. The van der Waals surface area contributed by atoms with E-state index >= 15 is 8.63 Å². The predicted octanol–water partition coefficient (Wildman–Crippen LogP) is 13.3. The lowest BCUT2D eigenvalue weighted by Crippen LogP contribution is -2.51. The van der Waals surface area contributed by atoms with Gasteiger partial charge in [0.05, 0.1) is 12.0 Å². The molecule has 0 N–H and O–H groups in total. The molecule has 1 aromatic heterocycles. The summed E-state index contributed by atoms with van der Waals surface area (Å²) in [5.74, 6) is 0.141. The number of hydrogen-bond donors (Lipinski definition) is 0. The largest absolute Gasteiger partial charge is 0.737 e. The van der Waals surface area contributed by atoms with Gasteiger partial charge in [-0.15, -0.1) is 0 Å². The monoisotopic (exact) mass is 786 g/mol. The van der Waals surface area contributed by atoms with Crippen molar-refractivity contribution in [3.8, 4) is 5.75 Å². The summed E-state index contributed by atoms with van der Waals surface area (Å²) in [6, 6.07) is 26.2. The molecule has 0 spiro atoms. The zero-order valence-corrected chi connectivity index (χ0v) is 36.5. The second-order valence-corrected chi connectivity index (χ2v) is 19.4. The first kappa shape index (κ1) is 38.9. The van der Waals surface area contributed by atoms with Crippen LogP contribution >= 0.6 is 0 Å². The normalized spacial score (nSPS) is 15.6. The molecule has 0 atom stereocenters. The molecule has 0 aliphatic carbocycles. The molecular formula is C52H53BF2N2O2. The Balaban J connectivity index is 1.07. The Morgan fingerprint density at radius 1 is 0.712 bits per heavy atom. The van der Waals surface area contributed by atoms with Gasteiger partial charge in [0.25, 0.3) is 0 Å². The number of allylic oxidation sites excluding steroid dienone is 2. The van der Waals surface area contributed by atoms with Crippen molar-refractivity contribution < 1.29 is 22.6 Å². The maximum atomic E-state index is 16.3. The highest BCUT2D eigenvalue weighted by atomic mass is 19.2. The lowest BCUT2D eigenvalue weighted by atomic mass is 9.79. The summed E-state index contributed by atoms with van der Waals surface area (Å²) in [6.07, 6.45) is 2.58. The Labute approximate surface area is 346 Å². The Morgan fingerprint density at radius 3 is 1.92 bits per heavy atom. The molecule has 0 fully saturated rings. The number of carbonyl (C=O) groups is 1. The summed E-state index contributed by atoms with van der Waals surface area (Å²) >= 11 is 0. The molecule has 3 heterocycles. The molecule has 9 rings (SSSR count). The van der Waals surface area contributed by atoms with Crippen molar-refractivity contribution in [1.29, 1.82) is 0 Å². The summed E-state index contributed by atoms with van der Waals surface area (Å²) in [6.45, 7) is 20.8. The number of nitrogens with zero attached hydrogens (tertiary/aromatic N) is 2. The Bertz CT molecular complexity index is 3000. The molecule has 0 unspecified atom stereocenters. The van der Waals surface area contributed by atoms with Crippen LogP contribution in [-0.4, -0.2) is 27.6 Å². The van der Waals surface area contributed by atoms with Crippen molar-refractivity contribution in [2.75, 3.05) is 0 Å². The quantitative estimate of drug-likeness (QED) is 0.0573. The first-order valence-corrected chi connectivity index (χ1v) is 20.9. The van der Waals surface area contributed by atoms with Crippen LogP contribution in [0.2, 0.25) is 0 Å². The third-order valence-corrected chi connectivity index (χ3v) is 13.0. The van der Waals surface area contributed by atoms with Gasteiger partial charge in [0.2, 0.25) is 0 Å². The van der Waals surface area contributed by atoms with E-state index in [1.165, 1.54) is 57.8 Å². The van der Waals surface area contributed by atoms with E-state index in [9.17, 15) is 4.79 Å². The molecule has 0 saturated carbocycles. The molecule has 2 aliphatic rings. The summed E-state index contributed by atoms with van der Waals surface area (Å²) in [5.41, 5.74) is 10.8. The molecular weight excluding hydrogens is 733 g/mol. The standard InChI is InChI=1S/C52H53BF2N2O2/c1-28-22-38(23-29(2)45(28)48-49-30(3)20-32(5)56(49)53(54,55)57-33(6)21-31(4)50(48)57)59-44(58)19-17-34-16-18-41-43-27-37(52(10,11)12)25-35-24-36(51(7,8)9)26-42(46(35)43)40-15-13-14-39(34)47(40)41/h13-16,18,20-27H,17,19H2,1-12H3. The zero-order chi connectivity index (χ0) is 42.2. The number of halogens is 2. The van der Waals surface area contributed by atoms with E-state index < -0.39 is 6.97 Å². The highest BCUT2D eigenvalue weighted by Crippen LogP contribution is 2.47. The molecule has 0 saturated heterocycles. The molecule has 0 radical (unpaired) electrons. The number of ether oxygens (including phenoxy) is 1. The van der Waals surface area contributed by atoms with Gasteiger partial charge in [-0.3, -0.25) is 4.79 Å². The third-order valence-electron chi connectivity index (χ3n) is 13.0. The molecule has 2 aliphatic heterocycles. The summed E-state index contributed by atoms with van der Waals surface area (Å²) in [7, 11) is 0. The van der Waals surface area contributed by atoms with E-state index in [0.717, 1.165) is 44.3 Å². The fourth-order valence-electron chi connectivity index (χ4n) is 10.3. The van der Waals surface area contributed by atoms with Gasteiger partial charge in [-0.1, -0.05) is 84.0 Å². The van der Waals surface area contributed by atoms with Gasteiger partial charge >= 0.3 is 12.9 Å². The zero-order valence-electron chi connectivity index (χ0n) is 36.5. The Hall–Kier alpha value is -5.56. The summed E-state index contributed by atoms with van der Waals surface area (Å²) < 4.78 is 41.1. The molecule has 0 amide bonds. The van der Waals surface area contributed by atoms with Crippen molar-refractivity contribution >= 4 is 67.3 Å². The van der Waals surface area contributed by atoms with Crippen molar-refractivity contribution in [3.05, 3.63) is 140 Å². The lowest BCUT2D eigenvalue weighted by molar-refractivity contribution is -0.363. The minimum atomic E-state index is -4.08. The second-order valence-electron chi connectivity index (χ2n) is 19.4. The molecule has 0 bridgehead atoms. The van der Waals surface area contributed by atoms with Gasteiger partial charge < -0.3 is 22.3 Å². The maximum Gasteiger partial charge on any atom is 0.737 e. The van der Waals surface area contributed by atoms with Gasteiger partial charge in [-0.2, -0.15) is 0 Å². The number of rotatable bonds is 5. The van der Waals surface area contributed by atoms with Gasteiger partial charge in [0.15, 0.2) is 5.70 Å². The van der Waals surface area contributed by atoms with Gasteiger partial charge in [0, 0.05) is 24.3 Å². The van der Waals surface area contributed by atoms with Crippen molar-refractivity contribution in [2.24, 2.45) is 0 Å². The van der Waals surface area contributed by atoms with Crippen LogP contribution in [0.4, 0.5) is 8.63 Å². The van der Waals surface area contributed by atoms with Crippen molar-refractivity contribution in [1.82, 2.24) is 4.48 Å². The van der Waals surface area contributed by atoms with E-state index in [-0.39, 0.29) is 23.2 Å². The first-order valence-electron chi connectivity index (χ1n) is 20.9. The van der Waals surface area contributed by atoms with Crippen LogP contribution < -0.4 is 4.74 Å². The van der Waals surface area contributed by atoms with Crippen molar-refractivity contribution in [2.45, 2.75) is 107 Å². The Morgan fingerprint density at radius 2 is 1.31 bits per heavy atom. The summed E-state index contributed by atoms with van der Waals surface area (Å²) in [4.78, 5) is 13.7. The number of hydrogen-bond acceptors (Lipinski definition) is 2. The SMILES string of the molecule is CC1=CC(C)=[N+]2C1=C(c1c(C)cc(OC(=O)CCc3ccc4c5cc(C(C)(C)C)cc6cc(C(C)(C)C)cc(c7cccc3c74)c65)cc1C)c1c(C)cc(C)n1[B-]2(F)F. The number of aromatic nitrogens is 1. The van der Waals surface area contributed by atoms with E-state index in [1.54, 1.807) is 13.8 Å². The second kappa shape index (κ2) is 13.0. The fourth-order valence-corrected chi connectivity index (χ4v) is 10.3. The number of carbonyl (C=O) groups excluding carboxylic acids is 1. The van der Waals surface area contributed by atoms with Crippen LogP contribution in [-0.2, 0) is 22.0 Å². The van der Waals surface area contributed by atoms with Gasteiger partial charge in [-0.25, -0.2) is 0 Å². The van der Waals surface area contributed by atoms with Crippen molar-refractivity contribution in [3.63, 3.8) is 0 Å². The first-order chi connectivity index (χ1) is 27.7. The van der Waals surface area contributed by atoms with Crippen LogP contribution in [0.25, 0.3) is 48.7 Å². The molecule has 7 aromatic rings. The molecule has 7 heteroatoms. The number of fused-ring (bicyclic) bond motifs is 4. The number of aryl methyl sites for hydroxylation is 5. The van der Waals surface area contributed by atoms with Crippen LogP contribution in [0.5, 0.6) is 5.75 Å². The smallest absolute Gasteiger partial charge is 0.427 e. The topological polar surface area (TPSA) is 34.2 Å². The number of esters is 1. The van der Waals surface area contributed by atoms with Crippen LogP contribution in [0, 0.1) is 27.7 Å². The molecule has 6 aromatic carbocycles. The predicted molar refractivity (Wildman–Crippen MR) is 243 cm³/mol. The van der Waals surface area contributed by atoms with Gasteiger partial charge in [0.1, 0.15) is 11.5 Å². The van der Waals surface area contributed by atoms with Crippen LogP contribution in [0.3, 0.4) is 0 Å². The van der Waals surface area contributed by atoms with E-state index in [1.807, 2.05) is 52.0 Å². The maximum absolute atomic E-state index is 16.3. The van der Waals surface area contributed by atoms with Gasteiger partial charge in [-0.05, 0) is 170 Å². The van der Waals surface area contributed by atoms with Crippen LogP contribution in [0.15, 0.2) is 90.1 Å². The molecule has 4 nitrogen and oxygen atoms in total. The Kier molecular flexibility index (Phi) is 8.56. The summed E-state index contributed by atoms with van der Waals surface area (Å²) in [5, 5.41) is 9.98.